The van der Waals surface area contributed by atoms with Crippen molar-refractivity contribution in [2.24, 2.45) is 5.10 Å². The van der Waals surface area contributed by atoms with Crippen LogP contribution in [0.5, 0.6) is 0 Å². The van der Waals surface area contributed by atoms with Gasteiger partial charge >= 0.3 is 0 Å². The van der Waals surface area contributed by atoms with Gasteiger partial charge in [0.1, 0.15) is 11.8 Å². The van der Waals surface area contributed by atoms with Crippen LogP contribution in [0.15, 0.2) is 64.6 Å². The summed E-state index contributed by atoms with van der Waals surface area (Å²) in [4.78, 5) is 27.3. The molecular formula is C22H25N3O4S. The normalized spacial score (nSPS) is 16.5. The number of anilines is 2. The molecule has 0 N–H and O–H groups in total. The van der Waals surface area contributed by atoms with Crippen molar-refractivity contribution < 1.29 is 18.0 Å². The number of hydrazone groups is 1. The number of ketones is 1. The maximum atomic E-state index is 13.4. The fourth-order valence-electron chi connectivity index (χ4n) is 3.42. The summed E-state index contributed by atoms with van der Waals surface area (Å²) in [6.45, 7) is 5.23. The molecule has 2 aromatic carbocycles. The van der Waals surface area contributed by atoms with E-state index in [1.807, 2.05) is 44.2 Å². The SMILES string of the molecule is CC(=O)C1CC(C(=O)N(c2ccc(S(C)(=O)=O)cc2)C(C)C)=NN1c1ccccc1. The Morgan fingerprint density at radius 1 is 1.07 bits per heavy atom. The van der Waals surface area contributed by atoms with E-state index in [1.54, 1.807) is 22.0 Å². The number of hydrogen-bond acceptors (Lipinski definition) is 6. The minimum atomic E-state index is -3.33. The third kappa shape index (κ3) is 4.43. The third-order valence-electron chi connectivity index (χ3n) is 4.93. The van der Waals surface area contributed by atoms with Crippen LogP contribution >= 0.6 is 0 Å². The molecular weight excluding hydrogens is 402 g/mol. The van der Waals surface area contributed by atoms with E-state index in [0.29, 0.717) is 11.4 Å². The van der Waals surface area contributed by atoms with Crippen LogP contribution in [0.4, 0.5) is 11.4 Å². The first-order valence-electron chi connectivity index (χ1n) is 9.65. The number of carbonyl (C=O) groups is 2. The van der Waals surface area contributed by atoms with Crippen LogP contribution in [0.2, 0.25) is 0 Å². The van der Waals surface area contributed by atoms with E-state index >= 15 is 0 Å². The van der Waals surface area contributed by atoms with Gasteiger partial charge in [-0.05, 0) is 57.2 Å². The van der Waals surface area contributed by atoms with Gasteiger partial charge in [0, 0.05) is 24.4 Å². The zero-order valence-electron chi connectivity index (χ0n) is 17.4. The fourth-order valence-corrected chi connectivity index (χ4v) is 4.05. The molecule has 0 fully saturated rings. The number of rotatable bonds is 6. The first-order valence-corrected chi connectivity index (χ1v) is 11.5. The second-order valence-electron chi connectivity index (χ2n) is 7.59. The molecule has 8 heteroatoms. The zero-order chi connectivity index (χ0) is 22.1. The predicted molar refractivity (Wildman–Crippen MR) is 118 cm³/mol. The molecule has 3 rings (SSSR count). The zero-order valence-corrected chi connectivity index (χ0v) is 18.3. The molecule has 0 aromatic heterocycles. The summed E-state index contributed by atoms with van der Waals surface area (Å²) in [7, 11) is -3.33. The van der Waals surface area contributed by atoms with Crippen LogP contribution in [0, 0.1) is 0 Å². The van der Waals surface area contributed by atoms with Crippen molar-refractivity contribution in [2.45, 2.75) is 44.2 Å². The summed E-state index contributed by atoms with van der Waals surface area (Å²) < 4.78 is 23.4. The Balaban J connectivity index is 1.95. The molecule has 1 atom stereocenters. The van der Waals surface area contributed by atoms with Crippen molar-refractivity contribution in [3.05, 3.63) is 54.6 Å². The predicted octanol–water partition coefficient (Wildman–Crippen LogP) is 3.06. The largest absolute Gasteiger partial charge is 0.305 e. The molecule has 158 valence electrons. The topological polar surface area (TPSA) is 87.1 Å². The number of carbonyl (C=O) groups excluding carboxylic acids is 2. The highest BCUT2D eigenvalue weighted by molar-refractivity contribution is 7.90. The fraction of sp³-hybridized carbons (Fsp3) is 0.318. The minimum absolute atomic E-state index is 0.0704. The van der Waals surface area contributed by atoms with Crippen LogP contribution in [0.3, 0.4) is 0 Å². The lowest BCUT2D eigenvalue weighted by Gasteiger charge is -2.27. The highest BCUT2D eigenvalue weighted by Gasteiger charge is 2.36. The van der Waals surface area contributed by atoms with E-state index in [4.69, 9.17) is 0 Å². The van der Waals surface area contributed by atoms with Crippen LogP contribution in [-0.4, -0.2) is 44.2 Å². The monoisotopic (exact) mass is 427 g/mol. The summed E-state index contributed by atoms with van der Waals surface area (Å²) >= 11 is 0. The maximum Gasteiger partial charge on any atom is 0.274 e. The molecule has 1 aliphatic rings. The number of amides is 1. The molecule has 1 amide bonds. The Bertz CT molecular complexity index is 1080. The van der Waals surface area contributed by atoms with E-state index in [2.05, 4.69) is 5.10 Å². The Morgan fingerprint density at radius 2 is 1.67 bits per heavy atom. The Labute approximate surface area is 176 Å². The molecule has 0 spiro atoms. The van der Waals surface area contributed by atoms with Crippen molar-refractivity contribution in [3.63, 3.8) is 0 Å². The third-order valence-corrected chi connectivity index (χ3v) is 6.05. The van der Waals surface area contributed by atoms with E-state index in [-0.39, 0.29) is 29.0 Å². The highest BCUT2D eigenvalue weighted by atomic mass is 32.2. The smallest absolute Gasteiger partial charge is 0.274 e. The van der Waals surface area contributed by atoms with Gasteiger partial charge in [0.2, 0.25) is 0 Å². The van der Waals surface area contributed by atoms with Gasteiger partial charge in [-0.1, -0.05) is 18.2 Å². The van der Waals surface area contributed by atoms with Gasteiger partial charge in [-0.15, -0.1) is 0 Å². The van der Waals surface area contributed by atoms with Crippen molar-refractivity contribution in [1.82, 2.24) is 0 Å². The van der Waals surface area contributed by atoms with Crippen molar-refractivity contribution in [2.75, 3.05) is 16.2 Å². The van der Waals surface area contributed by atoms with Gasteiger partial charge in [-0.2, -0.15) is 5.10 Å². The molecule has 0 aliphatic carbocycles. The highest BCUT2D eigenvalue weighted by Crippen LogP contribution is 2.27. The molecule has 0 radical (unpaired) electrons. The van der Waals surface area contributed by atoms with Gasteiger partial charge in [-0.3, -0.25) is 14.6 Å². The van der Waals surface area contributed by atoms with Crippen LogP contribution in [0.1, 0.15) is 27.2 Å². The molecule has 0 bridgehead atoms. The number of benzene rings is 2. The number of hydrogen-bond donors (Lipinski definition) is 0. The van der Waals surface area contributed by atoms with E-state index in [9.17, 15) is 18.0 Å². The molecule has 1 unspecified atom stereocenters. The molecule has 1 heterocycles. The molecule has 1 aliphatic heterocycles. The summed E-state index contributed by atoms with van der Waals surface area (Å²) in [5, 5.41) is 6.09. The van der Waals surface area contributed by atoms with Crippen molar-refractivity contribution >= 4 is 38.6 Å². The first kappa shape index (κ1) is 21.7. The summed E-state index contributed by atoms with van der Waals surface area (Å²) in [6.07, 6.45) is 1.36. The number of nitrogens with zero attached hydrogens (tertiary/aromatic N) is 3. The van der Waals surface area contributed by atoms with E-state index in [0.717, 1.165) is 11.9 Å². The molecule has 7 nitrogen and oxygen atoms in total. The molecule has 0 saturated carbocycles. The van der Waals surface area contributed by atoms with E-state index in [1.165, 1.54) is 19.1 Å². The first-order chi connectivity index (χ1) is 14.1. The maximum absolute atomic E-state index is 13.4. The van der Waals surface area contributed by atoms with Crippen LogP contribution in [-0.2, 0) is 19.4 Å². The van der Waals surface area contributed by atoms with E-state index < -0.39 is 15.9 Å². The number of para-hydroxylation sites is 1. The lowest BCUT2D eigenvalue weighted by atomic mass is 10.1. The van der Waals surface area contributed by atoms with Crippen LogP contribution in [0.25, 0.3) is 0 Å². The van der Waals surface area contributed by atoms with Crippen LogP contribution < -0.4 is 9.91 Å². The minimum Gasteiger partial charge on any atom is -0.305 e. The lowest BCUT2D eigenvalue weighted by molar-refractivity contribution is -0.118. The molecule has 30 heavy (non-hydrogen) atoms. The summed E-state index contributed by atoms with van der Waals surface area (Å²) in [5.41, 5.74) is 1.61. The second-order valence-corrected chi connectivity index (χ2v) is 9.61. The van der Waals surface area contributed by atoms with Gasteiger partial charge in [0.15, 0.2) is 15.6 Å². The van der Waals surface area contributed by atoms with Crippen molar-refractivity contribution in [1.29, 1.82) is 0 Å². The van der Waals surface area contributed by atoms with Crippen molar-refractivity contribution in [3.8, 4) is 0 Å². The molecule has 0 saturated heterocycles. The average Bonchev–Trinajstić information content (AvgIpc) is 3.14. The molecule has 2 aromatic rings. The lowest BCUT2D eigenvalue weighted by Crippen LogP contribution is -2.41. The summed E-state index contributed by atoms with van der Waals surface area (Å²) in [6, 6.07) is 14.7. The van der Waals surface area contributed by atoms with Gasteiger partial charge in [0.25, 0.3) is 5.91 Å². The average molecular weight is 428 g/mol. The Morgan fingerprint density at radius 3 is 2.17 bits per heavy atom. The standard InChI is InChI=1S/C22H25N3O4S/c1-15(2)24(17-10-12-19(13-11-17)30(4,28)29)22(27)20-14-21(16(3)26)25(23-20)18-8-6-5-7-9-18/h5-13,15,21H,14H2,1-4H3. The Hall–Kier alpha value is -3.00. The number of Topliss-reactive ketones (excluding diaryl/α,β-unsaturated/α-hetero) is 1. The van der Waals surface area contributed by atoms with Gasteiger partial charge in [-0.25, -0.2) is 8.42 Å². The second kappa shape index (κ2) is 8.39. The van der Waals surface area contributed by atoms with Gasteiger partial charge < -0.3 is 4.90 Å². The quantitative estimate of drug-likeness (QED) is 0.707. The van der Waals surface area contributed by atoms with Gasteiger partial charge in [0.05, 0.1) is 10.6 Å². The Kier molecular flexibility index (Phi) is 6.07. The number of sulfone groups is 1. The summed E-state index contributed by atoms with van der Waals surface area (Å²) in [5.74, 6) is -0.374.